The van der Waals surface area contributed by atoms with Crippen LogP contribution in [0.15, 0.2) is 53.2 Å². The number of rotatable bonds is 6. The van der Waals surface area contributed by atoms with Crippen molar-refractivity contribution in [2.45, 2.75) is 25.9 Å². The van der Waals surface area contributed by atoms with Gasteiger partial charge in [-0.1, -0.05) is 43.3 Å². The van der Waals surface area contributed by atoms with Gasteiger partial charge in [-0.3, -0.25) is 9.78 Å². The van der Waals surface area contributed by atoms with Crippen molar-refractivity contribution in [3.63, 3.8) is 0 Å². The molecule has 0 spiro atoms. The van der Waals surface area contributed by atoms with Gasteiger partial charge in [-0.2, -0.15) is 4.98 Å². The first-order valence-corrected chi connectivity index (χ1v) is 9.98. The quantitative estimate of drug-likeness (QED) is 0.618. The summed E-state index contributed by atoms with van der Waals surface area (Å²) >= 11 is 0. The molecule has 0 bridgehead atoms. The van der Waals surface area contributed by atoms with Crippen LogP contribution in [0.1, 0.15) is 37.3 Å². The number of aromatic nitrogens is 3. The number of benzene rings is 1. The lowest BCUT2D eigenvalue weighted by Crippen LogP contribution is -2.44. The first-order valence-electron chi connectivity index (χ1n) is 9.98. The molecule has 0 aliphatic carbocycles. The molecule has 0 saturated carbocycles. The van der Waals surface area contributed by atoms with E-state index in [-0.39, 0.29) is 12.5 Å². The van der Waals surface area contributed by atoms with Gasteiger partial charge in [-0.15, -0.1) is 0 Å². The lowest BCUT2D eigenvalue weighted by Gasteiger charge is -2.31. The lowest BCUT2D eigenvalue weighted by molar-refractivity contribution is -0.142. The van der Waals surface area contributed by atoms with E-state index in [0.29, 0.717) is 43.0 Å². The highest BCUT2D eigenvalue weighted by Gasteiger charge is 2.30. The second-order valence-corrected chi connectivity index (χ2v) is 7.35. The van der Waals surface area contributed by atoms with Crippen LogP contribution in [-0.2, 0) is 9.53 Å². The summed E-state index contributed by atoms with van der Waals surface area (Å²) < 4.78 is 16.9. The van der Waals surface area contributed by atoms with Gasteiger partial charge in [0.2, 0.25) is 5.82 Å². The predicted molar refractivity (Wildman–Crippen MR) is 109 cm³/mol. The molecule has 0 unspecified atom stereocenters. The zero-order chi connectivity index (χ0) is 20.9. The molecule has 1 aliphatic heterocycles. The van der Waals surface area contributed by atoms with Gasteiger partial charge < -0.3 is 18.9 Å². The SMILES string of the molecule is CC(C)c1ccccc1OCC(=O)N1CCO[C@H](c2nc(-c3ccccn3)no2)C1. The van der Waals surface area contributed by atoms with Crippen molar-refractivity contribution < 1.29 is 18.8 Å². The van der Waals surface area contributed by atoms with E-state index in [1.807, 2.05) is 36.4 Å². The van der Waals surface area contributed by atoms with Gasteiger partial charge in [-0.05, 0) is 29.7 Å². The van der Waals surface area contributed by atoms with Crippen molar-refractivity contribution in [1.82, 2.24) is 20.0 Å². The van der Waals surface area contributed by atoms with Gasteiger partial charge in [-0.25, -0.2) is 0 Å². The number of nitrogens with zero attached hydrogens (tertiary/aromatic N) is 4. The van der Waals surface area contributed by atoms with E-state index in [9.17, 15) is 4.79 Å². The average molecular weight is 408 g/mol. The van der Waals surface area contributed by atoms with Crippen LogP contribution in [0.3, 0.4) is 0 Å². The number of carbonyl (C=O) groups is 1. The minimum atomic E-state index is -0.476. The number of para-hydroxylation sites is 1. The molecule has 1 fully saturated rings. The van der Waals surface area contributed by atoms with Crippen LogP contribution in [0.5, 0.6) is 5.75 Å². The molecular formula is C22H24N4O4. The molecule has 30 heavy (non-hydrogen) atoms. The summed E-state index contributed by atoms with van der Waals surface area (Å²) in [7, 11) is 0. The number of morpholine rings is 1. The van der Waals surface area contributed by atoms with Crippen molar-refractivity contribution >= 4 is 5.91 Å². The molecule has 1 atom stereocenters. The molecule has 0 N–H and O–H groups in total. The van der Waals surface area contributed by atoms with Gasteiger partial charge in [0.1, 0.15) is 11.4 Å². The number of hydrogen-bond donors (Lipinski definition) is 0. The van der Waals surface area contributed by atoms with Crippen molar-refractivity contribution in [1.29, 1.82) is 0 Å². The van der Waals surface area contributed by atoms with Crippen molar-refractivity contribution in [3.05, 3.63) is 60.1 Å². The Morgan fingerprint density at radius 1 is 1.23 bits per heavy atom. The zero-order valence-corrected chi connectivity index (χ0v) is 17.0. The number of amides is 1. The van der Waals surface area contributed by atoms with Crippen LogP contribution in [-0.4, -0.2) is 52.2 Å². The Labute approximate surface area is 174 Å². The molecule has 1 amide bonds. The maximum absolute atomic E-state index is 12.7. The highest BCUT2D eigenvalue weighted by Crippen LogP contribution is 2.26. The Morgan fingerprint density at radius 3 is 2.87 bits per heavy atom. The largest absolute Gasteiger partial charge is 0.483 e. The van der Waals surface area contributed by atoms with Crippen LogP contribution in [0.2, 0.25) is 0 Å². The monoisotopic (exact) mass is 408 g/mol. The summed E-state index contributed by atoms with van der Waals surface area (Å²) in [6, 6.07) is 13.3. The van der Waals surface area contributed by atoms with Crippen molar-refractivity contribution in [3.8, 4) is 17.3 Å². The standard InChI is InChI=1S/C22H24N4O4/c1-15(2)16-7-3-4-9-18(16)29-14-20(27)26-11-12-28-19(13-26)22-24-21(25-30-22)17-8-5-6-10-23-17/h3-10,15,19H,11-14H2,1-2H3/t19-/m0/s1. The summed E-state index contributed by atoms with van der Waals surface area (Å²) in [4.78, 5) is 23.0. The van der Waals surface area contributed by atoms with Gasteiger partial charge in [0.05, 0.1) is 13.2 Å². The fourth-order valence-electron chi connectivity index (χ4n) is 3.31. The van der Waals surface area contributed by atoms with E-state index in [1.165, 1.54) is 0 Å². The Kier molecular flexibility index (Phi) is 6.04. The molecule has 1 aromatic carbocycles. The summed E-state index contributed by atoms with van der Waals surface area (Å²) in [6.45, 7) is 5.38. The van der Waals surface area contributed by atoms with Crippen LogP contribution in [0.4, 0.5) is 0 Å². The third kappa shape index (κ3) is 4.49. The van der Waals surface area contributed by atoms with Crippen LogP contribution in [0, 0.1) is 0 Å². The first-order chi connectivity index (χ1) is 14.6. The maximum Gasteiger partial charge on any atom is 0.260 e. The topological polar surface area (TPSA) is 90.6 Å². The summed E-state index contributed by atoms with van der Waals surface area (Å²) in [5, 5.41) is 3.98. The van der Waals surface area contributed by atoms with Crippen LogP contribution >= 0.6 is 0 Å². The van der Waals surface area contributed by atoms with E-state index in [1.54, 1.807) is 17.2 Å². The van der Waals surface area contributed by atoms with Crippen LogP contribution < -0.4 is 4.74 Å². The fraction of sp³-hybridized carbons (Fsp3) is 0.364. The summed E-state index contributed by atoms with van der Waals surface area (Å²) in [6.07, 6.45) is 1.19. The van der Waals surface area contributed by atoms with E-state index >= 15 is 0 Å². The molecular weight excluding hydrogens is 384 g/mol. The number of carbonyl (C=O) groups excluding carboxylic acids is 1. The van der Waals surface area contributed by atoms with Gasteiger partial charge in [0, 0.05) is 12.7 Å². The van der Waals surface area contributed by atoms with E-state index < -0.39 is 6.10 Å². The molecule has 8 nitrogen and oxygen atoms in total. The van der Waals surface area contributed by atoms with E-state index in [2.05, 4.69) is 29.0 Å². The molecule has 1 aliphatic rings. The molecule has 156 valence electrons. The summed E-state index contributed by atoms with van der Waals surface area (Å²) in [5.74, 6) is 1.68. The third-order valence-corrected chi connectivity index (χ3v) is 4.92. The maximum atomic E-state index is 12.7. The zero-order valence-electron chi connectivity index (χ0n) is 17.0. The number of hydrogen-bond acceptors (Lipinski definition) is 7. The van der Waals surface area contributed by atoms with E-state index in [4.69, 9.17) is 14.0 Å². The Balaban J connectivity index is 1.38. The molecule has 3 aromatic rings. The molecule has 2 aromatic heterocycles. The van der Waals surface area contributed by atoms with Gasteiger partial charge in [0.25, 0.3) is 11.8 Å². The van der Waals surface area contributed by atoms with Crippen molar-refractivity contribution in [2.24, 2.45) is 0 Å². The molecule has 0 radical (unpaired) electrons. The van der Waals surface area contributed by atoms with E-state index in [0.717, 1.165) is 11.3 Å². The Morgan fingerprint density at radius 2 is 2.07 bits per heavy atom. The minimum absolute atomic E-state index is 0.0283. The Bertz CT molecular complexity index is 990. The fourth-order valence-corrected chi connectivity index (χ4v) is 3.31. The molecule has 4 rings (SSSR count). The van der Waals surface area contributed by atoms with Gasteiger partial charge in [0.15, 0.2) is 12.7 Å². The Hall–Kier alpha value is -3.26. The highest BCUT2D eigenvalue weighted by atomic mass is 16.5. The minimum Gasteiger partial charge on any atom is -0.483 e. The number of pyridine rings is 1. The van der Waals surface area contributed by atoms with Gasteiger partial charge >= 0.3 is 0 Å². The smallest absolute Gasteiger partial charge is 0.260 e. The molecule has 3 heterocycles. The summed E-state index contributed by atoms with van der Waals surface area (Å²) in [5.41, 5.74) is 1.70. The molecule has 1 saturated heterocycles. The highest BCUT2D eigenvalue weighted by molar-refractivity contribution is 5.78. The normalized spacial score (nSPS) is 16.6. The second kappa shape index (κ2) is 9.04. The number of ether oxygens (including phenoxy) is 2. The lowest BCUT2D eigenvalue weighted by atomic mass is 10.0. The van der Waals surface area contributed by atoms with Crippen molar-refractivity contribution in [2.75, 3.05) is 26.3 Å². The first kappa shape index (κ1) is 20.0. The molecule has 8 heteroatoms. The average Bonchev–Trinajstić information content (AvgIpc) is 3.29. The second-order valence-electron chi connectivity index (χ2n) is 7.35. The van der Waals surface area contributed by atoms with Crippen LogP contribution in [0.25, 0.3) is 11.5 Å². The predicted octanol–water partition coefficient (Wildman–Crippen LogP) is 3.23. The third-order valence-electron chi connectivity index (χ3n) is 4.92.